The van der Waals surface area contributed by atoms with E-state index < -0.39 is 29.7 Å². The number of thiophene rings is 1. The third kappa shape index (κ3) is 6.71. The first-order valence-electron chi connectivity index (χ1n) is 12.2. The van der Waals surface area contributed by atoms with Crippen molar-refractivity contribution in [1.82, 2.24) is 14.5 Å². The molecule has 0 bridgehead atoms. The van der Waals surface area contributed by atoms with Crippen LogP contribution in [0.5, 0.6) is 5.75 Å². The first-order chi connectivity index (χ1) is 18.5. The lowest BCUT2D eigenvalue weighted by molar-refractivity contribution is 0.0292. The van der Waals surface area contributed by atoms with Crippen molar-refractivity contribution in [2.45, 2.75) is 32.3 Å². The number of carbonyl (C=O) groups is 3. The van der Waals surface area contributed by atoms with E-state index >= 15 is 0 Å². The van der Waals surface area contributed by atoms with Crippen molar-refractivity contribution in [2.24, 2.45) is 0 Å². The highest BCUT2D eigenvalue weighted by atomic mass is 32.1. The minimum atomic E-state index is -1.19. The van der Waals surface area contributed by atoms with E-state index in [2.05, 4.69) is 4.98 Å². The Morgan fingerprint density at radius 2 is 1.77 bits per heavy atom. The monoisotopic (exact) mass is 547 g/mol. The number of imidazole rings is 1. The number of rotatable bonds is 7. The Kier molecular flexibility index (Phi) is 8.15. The number of amides is 1. The van der Waals surface area contributed by atoms with E-state index in [4.69, 9.17) is 9.47 Å². The molecule has 10 heteroatoms. The molecule has 1 unspecified atom stereocenters. The van der Waals surface area contributed by atoms with Crippen molar-refractivity contribution in [3.63, 3.8) is 0 Å². The first-order valence-corrected chi connectivity index (χ1v) is 13.1. The van der Waals surface area contributed by atoms with Crippen LogP contribution in [0.1, 0.15) is 48.4 Å². The molecule has 39 heavy (non-hydrogen) atoms. The Hall–Kier alpha value is -4.44. The average molecular weight is 548 g/mol. The smallest absolute Gasteiger partial charge is 0.417 e. The Morgan fingerprint density at radius 1 is 1.05 bits per heavy atom. The van der Waals surface area contributed by atoms with Crippen LogP contribution in [-0.4, -0.2) is 56.9 Å². The molecule has 1 atom stereocenters. The maximum Gasteiger partial charge on any atom is 0.417 e. The highest BCUT2D eigenvalue weighted by molar-refractivity contribution is 7.13. The predicted molar refractivity (Wildman–Crippen MR) is 148 cm³/mol. The van der Waals surface area contributed by atoms with Crippen LogP contribution in [0.4, 0.5) is 9.59 Å². The molecule has 2 aromatic carbocycles. The molecule has 2 heterocycles. The molecule has 0 aliphatic carbocycles. The summed E-state index contributed by atoms with van der Waals surface area (Å²) in [5.41, 5.74) is 1.23. The van der Waals surface area contributed by atoms with Crippen LogP contribution in [0.15, 0.2) is 78.4 Å². The summed E-state index contributed by atoms with van der Waals surface area (Å²) in [6.07, 6.45) is 1.00. The van der Waals surface area contributed by atoms with E-state index in [9.17, 15) is 19.5 Å². The SMILES string of the molecule is CN(CC(c1ccc(OC(=O)c2ccccc2-c2cccs2)cc1)c1nccn1C(=O)O)C(=O)OC(C)(C)C. The second-order valence-electron chi connectivity index (χ2n) is 9.83. The summed E-state index contributed by atoms with van der Waals surface area (Å²) in [4.78, 5) is 44.1. The van der Waals surface area contributed by atoms with Gasteiger partial charge in [-0.1, -0.05) is 36.4 Å². The summed E-state index contributed by atoms with van der Waals surface area (Å²) >= 11 is 1.54. The van der Waals surface area contributed by atoms with E-state index in [1.807, 2.05) is 29.6 Å². The molecule has 0 radical (unpaired) electrons. The van der Waals surface area contributed by atoms with Crippen LogP contribution >= 0.6 is 11.3 Å². The molecular weight excluding hydrogens is 518 g/mol. The number of benzene rings is 2. The zero-order valence-corrected chi connectivity index (χ0v) is 22.8. The number of hydrogen-bond donors (Lipinski definition) is 1. The second-order valence-corrected chi connectivity index (χ2v) is 10.8. The van der Waals surface area contributed by atoms with Gasteiger partial charge in [0, 0.05) is 36.4 Å². The summed E-state index contributed by atoms with van der Waals surface area (Å²) in [5.74, 6) is -0.523. The van der Waals surface area contributed by atoms with Gasteiger partial charge in [-0.3, -0.25) is 0 Å². The van der Waals surface area contributed by atoms with Crippen molar-refractivity contribution in [3.8, 4) is 16.2 Å². The van der Waals surface area contributed by atoms with Gasteiger partial charge in [0.15, 0.2) is 0 Å². The van der Waals surface area contributed by atoms with Crippen LogP contribution in [-0.2, 0) is 4.74 Å². The zero-order chi connectivity index (χ0) is 28.2. The number of esters is 1. The first kappa shape index (κ1) is 27.6. The topological polar surface area (TPSA) is 111 Å². The lowest BCUT2D eigenvalue weighted by atomic mass is 9.97. The normalized spacial score (nSPS) is 12.0. The van der Waals surface area contributed by atoms with Gasteiger partial charge >= 0.3 is 18.2 Å². The summed E-state index contributed by atoms with van der Waals surface area (Å²) in [7, 11) is 1.58. The maximum absolute atomic E-state index is 13.0. The summed E-state index contributed by atoms with van der Waals surface area (Å²) in [5, 5.41) is 11.6. The average Bonchev–Trinajstić information content (AvgIpc) is 3.59. The van der Waals surface area contributed by atoms with Crippen molar-refractivity contribution in [1.29, 1.82) is 0 Å². The van der Waals surface area contributed by atoms with Gasteiger partial charge in [-0.25, -0.2) is 23.9 Å². The molecule has 0 saturated carbocycles. The summed E-state index contributed by atoms with van der Waals surface area (Å²) in [6.45, 7) is 5.41. The number of nitrogens with zero attached hydrogens (tertiary/aromatic N) is 3. The van der Waals surface area contributed by atoms with E-state index in [0.717, 1.165) is 15.0 Å². The molecule has 2 aromatic heterocycles. The lowest BCUT2D eigenvalue weighted by Crippen LogP contribution is -2.37. The lowest BCUT2D eigenvalue weighted by Gasteiger charge is -2.27. The number of hydrogen-bond acceptors (Lipinski definition) is 7. The molecule has 0 aliphatic heterocycles. The van der Waals surface area contributed by atoms with Crippen LogP contribution in [0.3, 0.4) is 0 Å². The number of carbonyl (C=O) groups excluding carboxylic acids is 2. The molecule has 0 aliphatic rings. The second kappa shape index (κ2) is 11.5. The molecule has 4 aromatic rings. The molecule has 0 saturated heterocycles. The third-order valence-electron chi connectivity index (χ3n) is 5.78. The summed E-state index contributed by atoms with van der Waals surface area (Å²) < 4.78 is 12.1. The van der Waals surface area contributed by atoms with Gasteiger partial charge < -0.3 is 19.5 Å². The van der Waals surface area contributed by atoms with Crippen LogP contribution in [0.25, 0.3) is 10.4 Å². The molecule has 9 nitrogen and oxygen atoms in total. The number of aromatic nitrogens is 2. The fourth-order valence-electron chi connectivity index (χ4n) is 4.00. The highest BCUT2D eigenvalue weighted by Crippen LogP contribution is 2.30. The minimum Gasteiger partial charge on any atom is -0.464 e. The molecule has 202 valence electrons. The van der Waals surface area contributed by atoms with Gasteiger partial charge in [-0.05, 0) is 56.0 Å². The van der Waals surface area contributed by atoms with Crippen molar-refractivity contribution >= 4 is 29.5 Å². The Morgan fingerprint density at radius 3 is 2.41 bits per heavy atom. The van der Waals surface area contributed by atoms with Gasteiger partial charge in [-0.2, -0.15) is 0 Å². The fraction of sp³-hybridized carbons (Fsp3) is 0.241. The van der Waals surface area contributed by atoms with Crippen molar-refractivity contribution in [3.05, 3.63) is 95.4 Å². The Labute approximate surface area is 230 Å². The van der Waals surface area contributed by atoms with Crippen LogP contribution in [0, 0.1) is 0 Å². The fourth-order valence-corrected chi connectivity index (χ4v) is 4.76. The van der Waals surface area contributed by atoms with Crippen molar-refractivity contribution < 1.29 is 29.0 Å². The number of carboxylic acid groups (broad SMARTS) is 1. The quantitative estimate of drug-likeness (QED) is 0.212. The van der Waals surface area contributed by atoms with E-state index in [1.54, 1.807) is 64.2 Å². The van der Waals surface area contributed by atoms with Gasteiger partial charge in [0.05, 0.1) is 11.5 Å². The minimum absolute atomic E-state index is 0.104. The molecule has 4 rings (SSSR count). The van der Waals surface area contributed by atoms with Crippen LogP contribution in [0.2, 0.25) is 0 Å². The van der Waals surface area contributed by atoms with Gasteiger partial charge in [-0.15, -0.1) is 11.3 Å². The number of likely N-dealkylation sites (N-methyl/N-ethyl adjacent to an activating group) is 1. The molecule has 1 N–H and O–H groups in total. The van der Waals surface area contributed by atoms with E-state index in [1.165, 1.54) is 28.6 Å². The van der Waals surface area contributed by atoms with Crippen molar-refractivity contribution in [2.75, 3.05) is 13.6 Å². The number of ether oxygens (including phenoxy) is 2. The molecule has 1 amide bonds. The Balaban J connectivity index is 1.58. The highest BCUT2D eigenvalue weighted by Gasteiger charge is 2.27. The standard InChI is InChI=1S/C29H29N3O6S/c1-29(2,3)38-28(36)31(4)18-23(25-30-15-16-32(25)27(34)35)19-11-13-20(14-12-19)37-26(33)22-9-6-5-8-21(22)24-10-7-17-39-24/h5-17,23H,18H2,1-4H3,(H,34,35). The Bertz CT molecular complexity index is 1450. The van der Waals surface area contributed by atoms with E-state index in [0.29, 0.717) is 16.9 Å². The molecule has 0 spiro atoms. The van der Waals surface area contributed by atoms with Gasteiger partial charge in [0.25, 0.3) is 0 Å². The van der Waals surface area contributed by atoms with Gasteiger partial charge in [0.2, 0.25) is 0 Å². The summed E-state index contributed by atoms with van der Waals surface area (Å²) in [6, 6.07) is 17.8. The third-order valence-corrected chi connectivity index (χ3v) is 6.68. The molecular formula is C29H29N3O6S. The van der Waals surface area contributed by atoms with Gasteiger partial charge in [0.1, 0.15) is 17.2 Å². The predicted octanol–water partition coefficient (Wildman–Crippen LogP) is 6.36. The van der Waals surface area contributed by atoms with E-state index in [-0.39, 0.29) is 12.4 Å². The zero-order valence-electron chi connectivity index (χ0n) is 22.0. The molecule has 0 fully saturated rings. The van der Waals surface area contributed by atoms with Crippen LogP contribution < -0.4 is 4.74 Å². The maximum atomic E-state index is 13.0. The largest absolute Gasteiger partial charge is 0.464 e.